The summed E-state index contributed by atoms with van der Waals surface area (Å²) in [6.45, 7) is 6.05. The van der Waals surface area contributed by atoms with Crippen molar-refractivity contribution in [3.63, 3.8) is 0 Å². The van der Waals surface area contributed by atoms with Gasteiger partial charge in [0.05, 0.1) is 18.1 Å². The molecule has 0 saturated carbocycles. The van der Waals surface area contributed by atoms with Crippen molar-refractivity contribution in [3.8, 4) is 0 Å². The van der Waals surface area contributed by atoms with Gasteiger partial charge in [0, 0.05) is 19.2 Å². The number of alkyl carbamates (subject to hydrolysis) is 1. The number of aromatic nitrogens is 2. The highest BCUT2D eigenvalue weighted by molar-refractivity contribution is 5.86. The van der Waals surface area contributed by atoms with Crippen LogP contribution in [0.3, 0.4) is 0 Å². The minimum Gasteiger partial charge on any atom is -0.444 e. The second kappa shape index (κ2) is 9.48. The van der Waals surface area contributed by atoms with Crippen molar-refractivity contribution >= 4 is 12.0 Å². The van der Waals surface area contributed by atoms with Gasteiger partial charge in [-0.2, -0.15) is 0 Å². The number of rotatable bonds is 7. The number of nitrogens with zero attached hydrogens (tertiary/aromatic N) is 2. The van der Waals surface area contributed by atoms with Crippen molar-refractivity contribution in [3.05, 3.63) is 89.5 Å². The predicted molar refractivity (Wildman–Crippen MR) is 126 cm³/mol. The van der Waals surface area contributed by atoms with E-state index in [1.807, 2.05) is 47.2 Å². The molecule has 0 bridgehead atoms. The van der Waals surface area contributed by atoms with Crippen LogP contribution in [0.1, 0.15) is 49.2 Å². The third-order valence-electron chi connectivity index (χ3n) is 5.49. The maximum absolute atomic E-state index is 13.1. The third kappa shape index (κ3) is 6.00. The van der Waals surface area contributed by atoms with Crippen LogP contribution in [-0.2, 0) is 28.9 Å². The van der Waals surface area contributed by atoms with Crippen LogP contribution in [0.25, 0.3) is 0 Å². The highest BCUT2D eigenvalue weighted by Gasteiger charge is 2.31. The summed E-state index contributed by atoms with van der Waals surface area (Å²) < 4.78 is 7.35. The zero-order valence-corrected chi connectivity index (χ0v) is 19.2. The molecule has 0 fully saturated rings. The third-order valence-corrected chi connectivity index (χ3v) is 5.49. The second-order valence-electron chi connectivity index (χ2n) is 9.39. The first-order valence-electron chi connectivity index (χ1n) is 11.2. The molecule has 3 aromatic rings. The van der Waals surface area contributed by atoms with E-state index in [9.17, 15) is 9.59 Å². The zero-order chi connectivity index (χ0) is 23.4. The van der Waals surface area contributed by atoms with E-state index in [2.05, 4.69) is 33.8 Å². The molecule has 0 saturated heterocycles. The number of hydrogen-bond donors (Lipinski definition) is 2. The van der Waals surface area contributed by atoms with E-state index in [-0.39, 0.29) is 18.4 Å². The number of imidazole rings is 1. The largest absolute Gasteiger partial charge is 0.444 e. The Bertz CT molecular complexity index is 1120. The molecule has 2 atom stereocenters. The molecule has 1 unspecified atom stereocenters. The summed E-state index contributed by atoms with van der Waals surface area (Å²) in [5.41, 5.74) is 3.57. The quantitative estimate of drug-likeness (QED) is 0.578. The number of fused-ring (bicyclic) bond motifs is 1. The lowest BCUT2D eigenvalue weighted by molar-refractivity contribution is -0.124. The molecule has 2 aromatic carbocycles. The van der Waals surface area contributed by atoms with Gasteiger partial charge in [0.25, 0.3) is 0 Å². The molecule has 33 heavy (non-hydrogen) atoms. The summed E-state index contributed by atoms with van der Waals surface area (Å²) in [6, 6.07) is 17.3. The minimum atomic E-state index is -0.798. The van der Waals surface area contributed by atoms with Crippen LogP contribution in [-0.4, -0.2) is 33.2 Å². The van der Waals surface area contributed by atoms with E-state index in [0.29, 0.717) is 6.54 Å². The summed E-state index contributed by atoms with van der Waals surface area (Å²) >= 11 is 0. The summed E-state index contributed by atoms with van der Waals surface area (Å²) in [7, 11) is 0. The Balaban J connectivity index is 1.44. The molecule has 172 valence electrons. The Labute approximate surface area is 194 Å². The molecule has 1 aliphatic carbocycles. The van der Waals surface area contributed by atoms with Crippen molar-refractivity contribution in [2.45, 2.75) is 57.8 Å². The van der Waals surface area contributed by atoms with Crippen LogP contribution in [0.15, 0.2) is 67.1 Å². The molecule has 7 nitrogen and oxygen atoms in total. The first-order chi connectivity index (χ1) is 15.8. The Morgan fingerprint density at radius 2 is 1.85 bits per heavy atom. The summed E-state index contributed by atoms with van der Waals surface area (Å²) in [5.74, 6) is -0.252. The molecule has 0 spiro atoms. The Morgan fingerprint density at radius 1 is 1.12 bits per heavy atom. The number of ether oxygens (including phenoxy) is 1. The van der Waals surface area contributed by atoms with Crippen LogP contribution in [0.4, 0.5) is 4.79 Å². The van der Waals surface area contributed by atoms with E-state index < -0.39 is 17.7 Å². The van der Waals surface area contributed by atoms with Crippen LogP contribution >= 0.6 is 0 Å². The van der Waals surface area contributed by atoms with Gasteiger partial charge >= 0.3 is 6.09 Å². The maximum atomic E-state index is 13.1. The standard InChI is InChI=1S/C26H30N4O3/c1-26(2,3)33-25(32)29-23(24(31)28-22-13-19-11-7-8-12-21(19)22)14-20-16-30(17-27-20)15-18-9-5-4-6-10-18/h4-12,16-17,22-23H,13-15H2,1-3H3,(H,28,31)(H,29,32)/t22?,23-/m0/s1. The lowest BCUT2D eigenvalue weighted by Gasteiger charge is -2.32. The van der Waals surface area contributed by atoms with Crippen molar-refractivity contribution in [1.82, 2.24) is 20.2 Å². The van der Waals surface area contributed by atoms with Gasteiger partial charge in [0.2, 0.25) is 5.91 Å². The van der Waals surface area contributed by atoms with Crippen molar-refractivity contribution in [2.24, 2.45) is 0 Å². The molecule has 2 N–H and O–H groups in total. The monoisotopic (exact) mass is 446 g/mol. The van der Waals surface area contributed by atoms with Gasteiger partial charge in [-0.05, 0) is 43.9 Å². The highest BCUT2D eigenvalue weighted by Crippen LogP contribution is 2.32. The van der Waals surface area contributed by atoms with E-state index in [4.69, 9.17) is 4.74 Å². The van der Waals surface area contributed by atoms with E-state index >= 15 is 0 Å². The molecular weight excluding hydrogens is 416 g/mol. The molecule has 1 heterocycles. The fraction of sp³-hybridized carbons (Fsp3) is 0.346. The lowest BCUT2D eigenvalue weighted by atomic mass is 9.83. The SMILES string of the molecule is CC(C)(C)OC(=O)N[C@@H](Cc1cn(Cc2ccccc2)cn1)C(=O)NC1Cc2ccccc21. The number of hydrogen-bond acceptors (Lipinski definition) is 4. The van der Waals surface area contributed by atoms with Crippen molar-refractivity contribution in [1.29, 1.82) is 0 Å². The average molecular weight is 447 g/mol. The molecular formula is C26H30N4O3. The summed E-state index contributed by atoms with van der Waals surface area (Å²) in [4.78, 5) is 30.0. The zero-order valence-electron chi connectivity index (χ0n) is 19.2. The fourth-order valence-corrected chi connectivity index (χ4v) is 3.92. The molecule has 1 aromatic heterocycles. The van der Waals surface area contributed by atoms with E-state index in [1.165, 1.54) is 5.56 Å². The smallest absolute Gasteiger partial charge is 0.408 e. The van der Waals surface area contributed by atoms with Gasteiger partial charge in [-0.3, -0.25) is 4.79 Å². The average Bonchev–Trinajstić information content (AvgIpc) is 3.17. The van der Waals surface area contributed by atoms with Gasteiger partial charge in [-0.25, -0.2) is 9.78 Å². The van der Waals surface area contributed by atoms with Crippen molar-refractivity contribution < 1.29 is 14.3 Å². The van der Waals surface area contributed by atoms with Gasteiger partial charge in [-0.1, -0.05) is 54.6 Å². The van der Waals surface area contributed by atoms with Crippen LogP contribution in [0.2, 0.25) is 0 Å². The van der Waals surface area contributed by atoms with Crippen LogP contribution < -0.4 is 10.6 Å². The van der Waals surface area contributed by atoms with Crippen molar-refractivity contribution in [2.75, 3.05) is 0 Å². The molecule has 2 amide bonds. The van der Waals surface area contributed by atoms with Gasteiger partial charge < -0.3 is 19.9 Å². The number of nitrogens with one attached hydrogen (secondary N) is 2. The summed E-state index contributed by atoms with van der Waals surface area (Å²) in [5, 5.41) is 5.80. The minimum absolute atomic E-state index is 0.0488. The molecule has 4 rings (SSSR count). The second-order valence-corrected chi connectivity index (χ2v) is 9.39. The van der Waals surface area contributed by atoms with Gasteiger partial charge in [0.1, 0.15) is 11.6 Å². The Morgan fingerprint density at radius 3 is 2.58 bits per heavy atom. The number of amides is 2. The molecule has 1 aliphatic rings. The fourth-order valence-electron chi connectivity index (χ4n) is 3.92. The maximum Gasteiger partial charge on any atom is 0.408 e. The highest BCUT2D eigenvalue weighted by atomic mass is 16.6. The normalized spacial score (nSPS) is 15.7. The first kappa shape index (κ1) is 22.6. The van der Waals surface area contributed by atoms with Gasteiger partial charge in [0.15, 0.2) is 0 Å². The number of benzene rings is 2. The van der Waals surface area contributed by atoms with Crippen LogP contribution in [0.5, 0.6) is 0 Å². The Hall–Kier alpha value is -3.61. The predicted octanol–water partition coefficient (Wildman–Crippen LogP) is 3.78. The Kier molecular flexibility index (Phi) is 6.49. The molecule has 0 radical (unpaired) electrons. The molecule has 7 heteroatoms. The van der Waals surface area contributed by atoms with Crippen LogP contribution in [0, 0.1) is 0 Å². The first-order valence-corrected chi connectivity index (χ1v) is 11.2. The molecule has 0 aliphatic heterocycles. The number of carbonyl (C=O) groups is 2. The number of carbonyl (C=O) groups excluding carboxylic acids is 2. The van der Waals surface area contributed by atoms with E-state index in [1.54, 1.807) is 27.1 Å². The summed E-state index contributed by atoms with van der Waals surface area (Å²) in [6.07, 6.45) is 4.07. The van der Waals surface area contributed by atoms with Gasteiger partial charge in [-0.15, -0.1) is 0 Å². The topological polar surface area (TPSA) is 85.2 Å². The lowest BCUT2D eigenvalue weighted by Crippen LogP contribution is -2.51. The van der Waals surface area contributed by atoms with E-state index in [0.717, 1.165) is 23.2 Å².